The zero-order valence-electron chi connectivity index (χ0n) is 60.7. The molecule has 0 bridgehead atoms. The summed E-state index contributed by atoms with van der Waals surface area (Å²) in [5.41, 5.74) is 20.5. The highest BCUT2D eigenvalue weighted by molar-refractivity contribution is 6.30. The Morgan fingerprint density at radius 3 is 1.86 bits per heavy atom. The molecule has 1 aromatic heterocycles. The number of likely N-dealkylation sites (tertiary alicyclic amines) is 1. The van der Waals surface area contributed by atoms with Crippen LogP contribution in [0.25, 0.3) is 10.8 Å². The van der Waals surface area contributed by atoms with Gasteiger partial charge in [-0.2, -0.15) is 0 Å². The molecular formula is C74H96ClN19O15. The highest BCUT2D eigenvalue weighted by Crippen LogP contribution is 2.22. The van der Waals surface area contributed by atoms with Crippen LogP contribution in [-0.4, -0.2) is 191 Å². The van der Waals surface area contributed by atoms with E-state index in [2.05, 4.69) is 68.8 Å². The van der Waals surface area contributed by atoms with Crippen LogP contribution >= 0.6 is 11.6 Å². The van der Waals surface area contributed by atoms with E-state index in [0.29, 0.717) is 33.7 Å². The number of hydrazine groups is 1. The number of benzene rings is 4. The molecule has 0 radical (unpaired) electrons. The normalized spacial score (nSPS) is 19.4. The number of halogens is 1. The van der Waals surface area contributed by atoms with Crippen molar-refractivity contribution in [2.45, 2.75) is 171 Å². The Morgan fingerprint density at radius 2 is 1.23 bits per heavy atom. The number of fused-ring (bicyclic) bond motifs is 1. The van der Waals surface area contributed by atoms with E-state index < -0.39 is 174 Å². The van der Waals surface area contributed by atoms with Crippen molar-refractivity contribution < 1.29 is 71.9 Å². The molecular weight excluding hydrogens is 1430 g/mol. The Balaban J connectivity index is 1.22. The smallest absolute Gasteiger partial charge is 0.312 e. The lowest BCUT2D eigenvalue weighted by Gasteiger charge is -2.31. The Morgan fingerprint density at radius 1 is 0.615 bits per heavy atom. The van der Waals surface area contributed by atoms with E-state index in [1.165, 1.54) is 24.2 Å². The first-order valence-electron chi connectivity index (χ1n) is 35.8. The summed E-state index contributed by atoms with van der Waals surface area (Å²) < 4.78 is 0. The van der Waals surface area contributed by atoms with Crippen molar-refractivity contribution in [1.29, 1.82) is 0 Å². The van der Waals surface area contributed by atoms with E-state index in [1.807, 2.05) is 41.8 Å². The van der Waals surface area contributed by atoms with Gasteiger partial charge >= 0.3 is 6.03 Å². The number of urea groups is 1. The molecule has 35 heteroatoms. The molecule has 21 N–H and O–H groups in total. The van der Waals surface area contributed by atoms with Gasteiger partial charge in [-0.25, -0.2) is 10.6 Å². The SMILES string of the molecule is CC(=O)N[C@H](Cc1ccc2ccccc2c1)C(=O)N[C@H](Cc1ccc(Cl)cc1)C(=O)N[C@H](Cc1cccnc1)C(=O)N[C@@H](CC(=O)NN)C(=O)N[C@H]1CCC(=O)N[C@@H](Cc2ccccc2)C(=O)NCC[C@@H](C(=O)N2CCC[C@H]2C(=O)NC(CN)C(N)=O)NC(=O)[C@H](CC(C)C)NC(=O)[C@@H](CCCNC(N)=O)NC1=O. The van der Waals surface area contributed by atoms with Gasteiger partial charge in [-0.05, 0) is 102 Å². The minimum atomic E-state index is -1.98. The number of amides is 16. The zero-order chi connectivity index (χ0) is 79.3. The molecule has 0 saturated carbocycles. The van der Waals surface area contributed by atoms with Crippen molar-refractivity contribution in [3.05, 3.63) is 149 Å². The van der Waals surface area contributed by atoms with Crippen LogP contribution in [0.4, 0.5) is 4.79 Å². The Kier molecular flexibility index (Phi) is 32.6. The largest absolute Gasteiger partial charge is 0.368 e. The number of rotatable bonds is 30. The quantitative estimate of drug-likeness (QED) is 0.00989. The van der Waals surface area contributed by atoms with Gasteiger partial charge in [0, 0.05) is 82.6 Å². The summed E-state index contributed by atoms with van der Waals surface area (Å²) in [4.78, 5) is 217. The average Bonchev–Trinajstić information content (AvgIpc) is 1.81. The molecule has 5 aromatic rings. The molecule has 2 saturated heterocycles. The van der Waals surface area contributed by atoms with Gasteiger partial charge in [-0.15, -0.1) is 0 Å². The van der Waals surface area contributed by atoms with Gasteiger partial charge in [0.1, 0.15) is 66.5 Å². The Bertz CT molecular complexity index is 4070. The summed E-state index contributed by atoms with van der Waals surface area (Å²) >= 11 is 6.25. The third kappa shape index (κ3) is 27.0. The second-order valence-corrected chi connectivity index (χ2v) is 27.6. The molecule has 0 spiro atoms. The van der Waals surface area contributed by atoms with Gasteiger partial charge in [0.25, 0.3) is 0 Å². The number of aromatic nitrogens is 1. The fraction of sp³-hybridized carbons (Fsp3) is 0.432. The van der Waals surface area contributed by atoms with Gasteiger partial charge in [-0.3, -0.25) is 77.5 Å². The molecule has 7 rings (SSSR count). The van der Waals surface area contributed by atoms with Gasteiger partial charge in [0.05, 0.1) is 6.42 Å². The molecule has 34 nitrogen and oxygen atoms in total. The number of primary amides is 2. The summed E-state index contributed by atoms with van der Waals surface area (Å²) in [7, 11) is 0. The second-order valence-electron chi connectivity index (χ2n) is 27.1. The Labute approximate surface area is 634 Å². The molecule has 0 aliphatic carbocycles. The summed E-state index contributed by atoms with van der Waals surface area (Å²) in [6, 6.07) is 13.5. The van der Waals surface area contributed by atoms with Crippen molar-refractivity contribution >= 4 is 111 Å². The molecule has 2 fully saturated rings. The molecule has 16 amide bonds. The minimum Gasteiger partial charge on any atom is -0.368 e. The molecule has 109 heavy (non-hydrogen) atoms. The summed E-state index contributed by atoms with van der Waals surface area (Å²) in [6.07, 6.45) is -0.325. The van der Waals surface area contributed by atoms with Crippen molar-refractivity contribution in [1.82, 2.24) is 79.1 Å². The van der Waals surface area contributed by atoms with E-state index in [1.54, 1.807) is 86.6 Å². The van der Waals surface area contributed by atoms with E-state index in [-0.39, 0.29) is 89.9 Å². The number of carbonyl (C=O) groups is 15. The lowest BCUT2D eigenvalue weighted by Crippen LogP contribution is -2.61. The highest BCUT2D eigenvalue weighted by atomic mass is 35.5. The number of nitrogens with two attached hydrogens (primary N) is 4. The van der Waals surface area contributed by atoms with Gasteiger partial charge < -0.3 is 85.9 Å². The lowest BCUT2D eigenvalue weighted by atomic mass is 9.99. The van der Waals surface area contributed by atoms with Gasteiger partial charge in [0.2, 0.25) is 82.7 Å². The van der Waals surface area contributed by atoms with E-state index in [4.69, 9.17) is 34.6 Å². The van der Waals surface area contributed by atoms with Crippen LogP contribution < -0.4 is 92.3 Å². The minimum absolute atomic E-state index is 0.00888. The topological polar surface area (TPSA) is 533 Å². The van der Waals surface area contributed by atoms with Crippen LogP contribution in [0, 0.1) is 5.92 Å². The predicted molar refractivity (Wildman–Crippen MR) is 399 cm³/mol. The zero-order valence-corrected chi connectivity index (χ0v) is 61.5. The maximum atomic E-state index is 15.1. The number of nitrogens with one attached hydrogen (secondary N) is 13. The van der Waals surface area contributed by atoms with E-state index >= 15 is 14.4 Å². The van der Waals surface area contributed by atoms with Crippen LogP contribution in [-0.2, 0) is 92.8 Å². The van der Waals surface area contributed by atoms with Gasteiger partial charge in [0.15, 0.2) is 0 Å². The molecule has 4 aromatic carbocycles. The van der Waals surface area contributed by atoms with Crippen LogP contribution in [0.5, 0.6) is 0 Å². The van der Waals surface area contributed by atoms with Crippen molar-refractivity contribution in [2.75, 3.05) is 26.2 Å². The first-order valence-corrected chi connectivity index (χ1v) is 36.2. The highest BCUT2D eigenvalue weighted by Gasteiger charge is 2.41. The molecule has 2 aliphatic rings. The van der Waals surface area contributed by atoms with Crippen molar-refractivity contribution in [3.8, 4) is 0 Å². The maximum absolute atomic E-state index is 15.1. The number of carbonyl (C=O) groups excluding carboxylic acids is 15. The lowest BCUT2D eigenvalue weighted by molar-refractivity contribution is -0.142. The maximum Gasteiger partial charge on any atom is 0.312 e. The fourth-order valence-corrected chi connectivity index (χ4v) is 12.7. The van der Waals surface area contributed by atoms with Crippen molar-refractivity contribution in [3.63, 3.8) is 0 Å². The number of nitrogens with zero attached hydrogens (tertiary/aromatic N) is 2. The van der Waals surface area contributed by atoms with E-state index in [9.17, 15) is 57.5 Å². The standard InChI is InChI=1S/C74H96ClN19O15/c1-41(2)32-53-67(102)87-52(73(108)94-31-11-18-60(94)72(107)92-59(39-76)63(77)98)27-30-81-64(99)54(34-43-12-5-4-6-13-43)84-61(96)26-25-51(66(101)85-50(65(100)88-53)17-10-29-82-74(78)109)86-71(106)58(38-62(97)93-79)91-70(105)57(37-46-14-9-28-80-40-46)90-69(104)56(35-44-20-23-49(75)24-21-44)89-68(103)55(83-42(3)95)36-45-19-22-47-15-7-8-16-48(47)33-45/h4-9,12-16,19-24,28,33,40-41,50-60H,10-11,17-18,25-27,29-32,34-39,76,79H2,1-3H3,(H2,77,98)(H,81,99)(H,83,95)(H,84,96)(H,85,101)(H,86,106)(H,87,102)(H,88,100)(H,89,103)(H,90,104)(H,91,105)(H,92,107)(H,93,97)(H3,78,82,109)/t50-,51+,52+,53+,54+,55-,56-,57-,58+,59?,60+/m1/s1. The van der Waals surface area contributed by atoms with Crippen molar-refractivity contribution in [2.24, 2.45) is 29.0 Å². The summed E-state index contributed by atoms with van der Waals surface area (Å²) in [5.74, 6) is -7.59. The third-order valence-electron chi connectivity index (χ3n) is 18.2. The van der Waals surface area contributed by atoms with E-state index in [0.717, 1.165) is 10.8 Å². The summed E-state index contributed by atoms with van der Waals surface area (Å²) in [5, 5.41) is 33.5. The number of hydrogen-bond acceptors (Lipinski definition) is 18. The predicted octanol–water partition coefficient (Wildman–Crippen LogP) is -2.36. The van der Waals surface area contributed by atoms with Crippen LogP contribution in [0.15, 0.2) is 122 Å². The number of hydrogen-bond donors (Lipinski definition) is 17. The number of pyridine rings is 1. The van der Waals surface area contributed by atoms with Crippen LogP contribution in [0.3, 0.4) is 0 Å². The molecule has 584 valence electrons. The molecule has 1 unspecified atom stereocenters. The fourth-order valence-electron chi connectivity index (χ4n) is 12.5. The molecule has 2 aliphatic heterocycles. The Hall–Kier alpha value is -11.6. The monoisotopic (exact) mass is 1530 g/mol. The van der Waals surface area contributed by atoms with Crippen LogP contribution in [0.1, 0.15) is 101 Å². The van der Waals surface area contributed by atoms with Gasteiger partial charge in [-0.1, -0.05) is 116 Å². The van der Waals surface area contributed by atoms with Crippen LogP contribution in [0.2, 0.25) is 5.02 Å². The third-order valence-corrected chi connectivity index (χ3v) is 18.4. The second kappa shape index (κ2) is 42.0. The average molecular weight is 1530 g/mol. The molecule has 3 heterocycles. The summed E-state index contributed by atoms with van der Waals surface area (Å²) in [6.45, 7) is 3.89. The first kappa shape index (κ1) is 84.6. The first-order chi connectivity index (χ1) is 52.1. The molecule has 11 atom stereocenters.